The zero-order valence-electron chi connectivity index (χ0n) is 13.2. The molecule has 0 atom stereocenters. The van der Waals surface area contributed by atoms with Gasteiger partial charge in [0.25, 0.3) is 10.0 Å². The van der Waals surface area contributed by atoms with E-state index in [4.69, 9.17) is 9.47 Å². The molecule has 0 saturated heterocycles. The average molecular weight is 337 g/mol. The Balaban J connectivity index is 2.47. The molecule has 2 N–H and O–H groups in total. The third kappa shape index (κ3) is 3.75. The van der Waals surface area contributed by atoms with Crippen LogP contribution in [0.5, 0.6) is 11.5 Å². The van der Waals surface area contributed by atoms with Gasteiger partial charge in [-0.15, -0.1) is 0 Å². The maximum Gasteiger partial charge on any atom is 0.265 e. The summed E-state index contributed by atoms with van der Waals surface area (Å²) >= 11 is 0. The van der Waals surface area contributed by atoms with Crippen molar-refractivity contribution < 1.29 is 23.0 Å². The molecular weight excluding hydrogens is 318 g/mol. The van der Waals surface area contributed by atoms with Gasteiger partial charge in [-0.2, -0.15) is 0 Å². The molecule has 0 spiro atoms. The largest absolute Gasteiger partial charge is 0.497 e. The van der Waals surface area contributed by atoms with Gasteiger partial charge in [0.1, 0.15) is 16.4 Å². The third-order valence-electron chi connectivity index (χ3n) is 3.39. The number of anilines is 1. The quantitative estimate of drug-likeness (QED) is 0.845. The van der Waals surface area contributed by atoms with Crippen molar-refractivity contribution in [2.45, 2.75) is 18.4 Å². The number of hydrogen-bond acceptors (Lipinski definition) is 5. The SMILES string of the molecule is COc1ccc(OC)c(S(=O)(=O)Nc2cc(CO)ccc2C)c1. The second kappa shape index (κ2) is 6.89. The summed E-state index contributed by atoms with van der Waals surface area (Å²) in [6.07, 6.45) is 0. The number of methoxy groups -OCH3 is 2. The standard InChI is InChI=1S/C16H19NO5S/c1-11-4-5-12(10-18)8-14(11)17-23(19,20)16-9-13(21-2)6-7-15(16)22-3/h4-9,17-18H,10H2,1-3H3. The first-order valence-corrected chi connectivity index (χ1v) is 8.35. The van der Waals surface area contributed by atoms with Crippen LogP contribution in [-0.2, 0) is 16.6 Å². The summed E-state index contributed by atoms with van der Waals surface area (Å²) in [4.78, 5) is -0.0202. The smallest absolute Gasteiger partial charge is 0.265 e. The van der Waals surface area contributed by atoms with Crippen molar-refractivity contribution in [2.24, 2.45) is 0 Å². The summed E-state index contributed by atoms with van der Waals surface area (Å²) < 4.78 is 38.1. The Morgan fingerprint density at radius 2 is 1.83 bits per heavy atom. The lowest BCUT2D eigenvalue weighted by molar-refractivity contribution is 0.282. The summed E-state index contributed by atoms with van der Waals surface area (Å²) in [6.45, 7) is 1.61. The molecule has 6 nitrogen and oxygen atoms in total. The van der Waals surface area contributed by atoms with E-state index in [2.05, 4.69) is 4.72 Å². The molecule has 0 fully saturated rings. The van der Waals surface area contributed by atoms with Crippen LogP contribution < -0.4 is 14.2 Å². The number of rotatable bonds is 6. The summed E-state index contributed by atoms with van der Waals surface area (Å²) in [5.41, 5.74) is 1.76. The molecule has 2 aromatic rings. The minimum absolute atomic E-state index is 0.0202. The average Bonchev–Trinajstić information content (AvgIpc) is 2.56. The van der Waals surface area contributed by atoms with Crippen molar-refractivity contribution in [1.29, 1.82) is 0 Å². The fourth-order valence-electron chi connectivity index (χ4n) is 2.07. The second-order valence-electron chi connectivity index (χ2n) is 4.93. The molecule has 0 unspecified atom stereocenters. The zero-order valence-corrected chi connectivity index (χ0v) is 14.0. The fourth-order valence-corrected chi connectivity index (χ4v) is 3.38. The topological polar surface area (TPSA) is 84.9 Å². The Kier molecular flexibility index (Phi) is 5.12. The molecule has 0 heterocycles. The predicted octanol–water partition coefficient (Wildman–Crippen LogP) is 2.31. The molecule has 124 valence electrons. The number of aryl methyl sites for hydroxylation is 1. The van der Waals surface area contributed by atoms with Crippen LogP contribution in [0.4, 0.5) is 5.69 Å². The van der Waals surface area contributed by atoms with Crippen LogP contribution in [0.1, 0.15) is 11.1 Å². The van der Waals surface area contributed by atoms with Crippen molar-refractivity contribution in [3.63, 3.8) is 0 Å². The number of nitrogens with one attached hydrogen (secondary N) is 1. The second-order valence-corrected chi connectivity index (χ2v) is 6.58. The summed E-state index contributed by atoms with van der Waals surface area (Å²) in [6, 6.07) is 9.62. The molecule has 0 aliphatic carbocycles. The zero-order chi connectivity index (χ0) is 17.0. The first-order valence-electron chi connectivity index (χ1n) is 6.86. The molecule has 0 bridgehead atoms. The lowest BCUT2D eigenvalue weighted by Gasteiger charge is -2.14. The molecule has 7 heteroatoms. The molecule has 2 rings (SSSR count). The highest BCUT2D eigenvalue weighted by Crippen LogP contribution is 2.30. The van der Waals surface area contributed by atoms with E-state index in [-0.39, 0.29) is 17.3 Å². The van der Waals surface area contributed by atoms with Crippen molar-refractivity contribution in [1.82, 2.24) is 0 Å². The number of sulfonamides is 1. The van der Waals surface area contributed by atoms with Gasteiger partial charge >= 0.3 is 0 Å². The van der Waals surface area contributed by atoms with E-state index in [1.807, 2.05) is 0 Å². The molecule has 0 aliphatic heterocycles. The molecule has 0 aliphatic rings. The van der Waals surface area contributed by atoms with E-state index >= 15 is 0 Å². The number of aliphatic hydroxyl groups excluding tert-OH is 1. The first kappa shape index (κ1) is 17.1. The Hall–Kier alpha value is -2.25. The molecule has 0 radical (unpaired) electrons. The monoisotopic (exact) mass is 337 g/mol. The Morgan fingerprint density at radius 1 is 1.09 bits per heavy atom. The van der Waals surface area contributed by atoms with E-state index in [1.54, 1.807) is 31.2 Å². The van der Waals surface area contributed by atoms with Gasteiger partial charge < -0.3 is 14.6 Å². The number of hydrogen-bond donors (Lipinski definition) is 2. The van der Waals surface area contributed by atoms with Crippen LogP contribution in [-0.4, -0.2) is 27.7 Å². The van der Waals surface area contributed by atoms with Crippen molar-refractivity contribution in [2.75, 3.05) is 18.9 Å². The summed E-state index contributed by atoms with van der Waals surface area (Å²) in [5.74, 6) is 0.626. The fraction of sp³-hybridized carbons (Fsp3) is 0.250. The van der Waals surface area contributed by atoms with Crippen molar-refractivity contribution in [3.05, 3.63) is 47.5 Å². The van der Waals surface area contributed by atoms with E-state index in [9.17, 15) is 13.5 Å². The predicted molar refractivity (Wildman–Crippen MR) is 87.5 cm³/mol. The van der Waals surface area contributed by atoms with Crippen LogP contribution in [0.15, 0.2) is 41.3 Å². The molecule has 0 aromatic heterocycles. The molecule has 0 amide bonds. The number of benzene rings is 2. The maximum atomic E-state index is 12.7. The van der Waals surface area contributed by atoms with Crippen LogP contribution in [0.3, 0.4) is 0 Å². The molecular formula is C16H19NO5S. The van der Waals surface area contributed by atoms with E-state index in [0.29, 0.717) is 17.0 Å². The van der Waals surface area contributed by atoms with E-state index < -0.39 is 10.0 Å². The summed E-state index contributed by atoms with van der Waals surface area (Å²) in [7, 11) is -1.01. The van der Waals surface area contributed by atoms with Gasteiger partial charge in [-0.3, -0.25) is 4.72 Å². The normalized spacial score (nSPS) is 11.1. The van der Waals surface area contributed by atoms with E-state index in [1.165, 1.54) is 26.4 Å². The van der Waals surface area contributed by atoms with Crippen LogP contribution in [0.25, 0.3) is 0 Å². The van der Waals surface area contributed by atoms with Gasteiger partial charge in [0, 0.05) is 6.07 Å². The van der Waals surface area contributed by atoms with Gasteiger partial charge in [-0.05, 0) is 36.2 Å². The van der Waals surface area contributed by atoms with Gasteiger partial charge in [0.05, 0.1) is 26.5 Å². The highest BCUT2D eigenvalue weighted by Gasteiger charge is 2.21. The Morgan fingerprint density at radius 3 is 2.43 bits per heavy atom. The maximum absolute atomic E-state index is 12.7. The van der Waals surface area contributed by atoms with Crippen LogP contribution in [0, 0.1) is 6.92 Å². The first-order chi connectivity index (χ1) is 10.9. The van der Waals surface area contributed by atoms with Crippen LogP contribution >= 0.6 is 0 Å². The highest BCUT2D eigenvalue weighted by molar-refractivity contribution is 7.92. The Labute approximate surface area is 135 Å². The highest BCUT2D eigenvalue weighted by atomic mass is 32.2. The minimum Gasteiger partial charge on any atom is -0.497 e. The van der Waals surface area contributed by atoms with Crippen LogP contribution in [0.2, 0.25) is 0 Å². The number of ether oxygens (including phenoxy) is 2. The lowest BCUT2D eigenvalue weighted by Crippen LogP contribution is -2.15. The van der Waals surface area contributed by atoms with Gasteiger partial charge in [-0.1, -0.05) is 12.1 Å². The minimum atomic E-state index is -3.87. The van der Waals surface area contributed by atoms with Crippen molar-refractivity contribution >= 4 is 15.7 Å². The number of aliphatic hydroxyl groups is 1. The lowest BCUT2D eigenvalue weighted by atomic mass is 10.1. The molecule has 2 aromatic carbocycles. The van der Waals surface area contributed by atoms with Crippen molar-refractivity contribution in [3.8, 4) is 11.5 Å². The van der Waals surface area contributed by atoms with Gasteiger partial charge in [0.2, 0.25) is 0 Å². The van der Waals surface area contributed by atoms with Gasteiger partial charge in [-0.25, -0.2) is 8.42 Å². The van der Waals surface area contributed by atoms with Gasteiger partial charge in [0.15, 0.2) is 0 Å². The summed E-state index contributed by atoms with van der Waals surface area (Å²) in [5, 5.41) is 9.21. The third-order valence-corrected chi connectivity index (χ3v) is 4.78. The Bertz CT molecular complexity index is 802. The molecule has 0 saturated carbocycles. The molecule has 23 heavy (non-hydrogen) atoms. The van der Waals surface area contributed by atoms with E-state index in [0.717, 1.165) is 5.56 Å².